The van der Waals surface area contributed by atoms with Crippen molar-refractivity contribution in [1.82, 2.24) is 10.4 Å². The van der Waals surface area contributed by atoms with Crippen LogP contribution in [0.2, 0.25) is 0 Å². The second-order valence-corrected chi connectivity index (χ2v) is 8.21. The van der Waals surface area contributed by atoms with Crippen molar-refractivity contribution in [3.8, 4) is 5.75 Å². The van der Waals surface area contributed by atoms with Crippen molar-refractivity contribution in [2.24, 2.45) is 5.10 Å². The average molecular weight is 467 g/mol. The molecule has 7 nitrogen and oxygen atoms in total. The molecule has 0 saturated carbocycles. The maximum atomic E-state index is 12.4. The molecule has 1 aliphatic rings. The van der Waals surface area contributed by atoms with Gasteiger partial charge in [0.2, 0.25) is 0 Å². The lowest BCUT2D eigenvalue weighted by Crippen LogP contribution is -2.36. The fourth-order valence-corrected chi connectivity index (χ4v) is 3.93. The van der Waals surface area contributed by atoms with E-state index in [-0.39, 0.29) is 5.91 Å². The van der Waals surface area contributed by atoms with Gasteiger partial charge in [0, 0.05) is 35.9 Å². The number of hydrogen-bond acceptors (Lipinski definition) is 6. The highest BCUT2D eigenvalue weighted by Gasteiger charge is 2.10. The van der Waals surface area contributed by atoms with E-state index in [9.17, 15) is 4.79 Å². The molecule has 4 aromatic rings. The summed E-state index contributed by atoms with van der Waals surface area (Å²) in [5.41, 5.74) is 6.98. The first-order valence-corrected chi connectivity index (χ1v) is 11.6. The number of carbonyl (C=O) groups is 1. The van der Waals surface area contributed by atoms with Gasteiger partial charge in [0.1, 0.15) is 17.9 Å². The SMILES string of the molecule is O=C(N/N=C\c1ccc(N2CCOCC2)cc1)c1ccc(COc2cccc3cccnc23)cc1. The predicted molar refractivity (Wildman–Crippen MR) is 137 cm³/mol. The van der Waals surface area contributed by atoms with Crippen molar-refractivity contribution < 1.29 is 14.3 Å². The zero-order valence-electron chi connectivity index (χ0n) is 19.3. The zero-order valence-corrected chi connectivity index (χ0v) is 19.3. The van der Waals surface area contributed by atoms with Crippen LogP contribution >= 0.6 is 0 Å². The summed E-state index contributed by atoms with van der Waals surface area (Å²) in [6.07, 6.45) is 3.40. The summed E-state index contributed by atoms with van der Waals surface area (Å²) < 4.78 is 11.4. The highest BCUT2D eigenvalue weighted by atomic mass is 16.5. The third-order valence-electron chi connectivity index (χ3n) is 5.86. The summed E-state index contributed by atoms with van der Waals surface area (Å²) in [6.45, 7) is 3.69. The Morgan fingerprint density at radius 2 is 1.77 bits per heavy atom. The normalized spacial score (nSPS) is 13.8. The van der Waals surface area contributed by atoms with Gasteiger partial charge in [0.25, 0.3) is 5.91 Å². The van der Waals surface area contributed by atoms with Crippen LogP contribution in [-0.2, 0) is 11.3 Å². The number of pyridine rings is 1. The highest BCUT2D eigenvalue weighted by molar-refractivity contribution is 5.95. The second kappa shape index (κ2) is 10.8. The third kappa shape index (κ3) is 5.65. The Morgan fingerprint density at radius 3 is 2.57 bits per heavy atom. The molecule has 0 aliphatic carbocycles. The summed E-state index contributed by atoms with van der Waals surface area (Å²) in [5.74, 6) is 0.467. The number of anilines is 1. The van der Waals surface area contributed by atoms with Gasteiger partial charge < -0.3 is 14.4 Å². The predicted octanol–water partition coefficient (Wildman–Crippen LogP) is 4.41. The van der Waals surface area contributed by atoms with Crippen LogP contribution in [0.15, 0.2) is 90.2 Å². The number of benzene rings is 3. The molecule has 35 heavy (non-hydrogen) atoms. The van der Waals surface area contributed by atoms with Crippen LogP contribution in [0.5, 0.6) is 5.75 Å². The van der Waals surface area contributed by atoms with Crippen molar-refractivity contribution in [3.05, 3.63) is 102 Å². The minimum atomic E-state index is -0.267. The molecule has 1 aromatic heterocycles. The van der Waals surface area contributed by atoms with Gasteiger partial charge in [-0.3, -0.25) is 9.78 Å². The maximum absolute atomic E-state index is 12.4. The number of morpholine rings is 1. The summed E-state index contributed by atoms with van der Waals surface area (Å²) in [6, 6.07) is 25.2. The zero-order chi connectivity index (χ0) is 23.9. The lowest BCUT2D eigenvalue weighted by molar-refractivity contribution is 0.0955. The van der Waals surface area contributed by atoms with Gasteiger partial charge in [-0.25, -0.2) is 5.43 Å². The van der Waals surface area contributed by atoms with Crippen LogP contribution < -0.4 is 15.1 Å². The summed E-state index contributed by atoms with van der Waals surface area (Å²) in [7, 11) is 0. The Kier molecular flexibility index (Phi) is 6.96. The van der Waals surface area contributed by atoms with Gasteiger partial charge in [-0.15, -0.1) is 0 Å². The number of aromatic nitrogens is 1. The van der Waals surface area contributed by atoms with E-state index in [1.54, 1.807) is 24.5 Å². The van der Waals surface area contributed by atoms with Crippen LogP contribution in [0.1, 0.15) is 21.5 Å². The number of nitrogens with zero attached hydrogens (tertiary/aromatic N) is 3. The number of rotatable bonds is 7. The van der Waals surface area contributed by atoms with Crippen molar-refractivity contribution in [2.45, 2.75) is 6.61 Å². The molecule has 0 spiro atoms. The second-order valence-electron chi connectivity index (χ2n) is 8.21. The molecule has 1 amide bonds. The summed E-state index contributed by atoms with van der Waals surface area (Å²) in [5, 5.41) is 5.13. The molecule has 0 unspecified atom stereocenters. The van der Waals surface area contributed by atoms with Gasteiger partial charge in [-0.05, 0) is 47.5 Å². The standard InChI is InChI=1S/C28H26N4O3/c33-28(31-30-19-21-8-12-25(13-9-21)32-15-17-34-18-16-32)24-10-6-22(7-11-24)20-35-26-5-1-3-23-4-2-14-29-27(23)26/h1-14,19H,15-18,20H2,(H,31,33)/b30-19-. The van der Waals surface area contributed by atoms with E-state index < -0.39 is 0 Å². The molecule has 2 heterocycles. The number of hydrogen-bond donors (Lipinski definition) is 1. The molecule has 1 fully saturated rings. The number of para-hydroxylation sites is 1. The molecule has 3 aromatic carbocycles. The molecular formula is C28H26N4O3. The van der Waals surface area contributed by atoms with Crippen molar-refractivity contribution in [3.63, 3.8) is 0 Å². The molecule has 0 atom stereocenters. The fraction of sp³-hybridized carbons (Fsp3) is 0.179. The topological polar surface area (TPSA) is 76.1 Å². The largest absolute Gasteiger partial charge is 0.487 e. The fourth-order valence-electron chi connectivity index (χ4n) is 3.93. The third-order valence-corrected chi connectivity index (χ3v) is 5.86. The smallest absolute Gasteiger partial charge is 0.271 e. The lowest BCUT2D eigenvalue weighted by atomic mass is 10.1. The first-order chi connectivity index (χ1) is 17.3. The van der Waals surface area contributed by atoms with Gasteiger partial charge in [0.05, 0.1) is 19.4 Å². The van der Waals surface area contributed by atoms with E-state index in [4.69, 9.17) is 9.47 Å². The Balaban J connectivity index is 1.13. The van der Waals surface area contributed by atoms with Crippen LogP contribution in [0, 0.1) is 0 Å². The first kappa shape index (κ1) is 22.6. The molecule has 176 valence electrons. The minimum absolute atomic E-state index is 0.267. The number of hydrazone groups is 1. The number of nitrogens with one attached hydrogen (secondary N) is 1. The molecule has 0 radical (unpaired) electrons. The van der Waals surface area contributed by atoms with E-state index >= 15 is 0 Å². The molecule has 1 saturated heterocycles. The van der Waals surface area contributed by atoms with Crippen molar-refractivity contribution in [1.29, 1.82) is 0 Å². The van der Waals surface area contributed by atoms with E-state index in [0.717, 1.165) is 59.8 Å². The molecule has 1 N–H and O–H groups in total. The monoisotopic (exact) mass is 466 g/mol. The van der Waals surface area contributed by atoms with Gasteiger partial charge in [-0.1, -0.05) is 42.5 Å². The van der Waals surface area contributed by atoms with E-state index in [1.807, 2.05) is 54.6 Å². The van der Waals surface area contributed by atoms with Gasteiger partial charge >= 0.3 is 0 Å². The van der Waals surface area contributed by atoms with E-state index in [0.29, 0.717) is 12.2 Å². The highest BCUT2D eigenvalue weighted by Crippen LogP contribution is 2.24. The van der Waals surface area contributed by atoms with Crippen molar-refractivity contribution in [2.75, 3.05) is 31.2 Å². The van der Waals surface area contributed by atoms with Gasteiger partial charge in [0.15, 0.2) is 0 Å². The summed E-state index contributed by atoms with van der Waals surface area (Å²) in [4.78, 5) is 19.1. The van der Waals surface area contributed by atoms with Crippen molar-refractivity contribution >= 4 is 28.7 Å². The van der Waals surface area contributed by atoms with Crippen LogP contribution in [0.4, 0.5) is 5.69 Å². The Bertz CT molecular complexity index is 1310. The molecule has 1 aliphatic heterocycles. The van der Waals surface area contributed by atoms with E-state index in [1.165, 1.54) is 0 Å². The number of amides is 1. The van der Waals surface area contributed by atoms with Gasteiger partial charge in [-0.2, -0.15) is 5.10 Å². The average Bonchev–Trinajstić information content (AvgIpc) is 2.93. The Hall–Kier alpha value is -4.23. The number of carbonyl (C=O) groups excluding carboxylic acids is 1. The Labute approximate surface area is 204 Å². The van der Waals surface area contributed by atoms with Crippen LogP contribution in [0.3, 0.4) is 0 Å². The molecule has 7 heteroatoms. The lowest BCUT2D eigenvalue weighted by Gasteiger charge is -2.28. The number of fused-ring (bicyclic) bond motifs is 1. The minimum Gasteiger partial charge on any atom is -0.487 e. The Morgan fingerprint density at radius 1 is 1.00 bits per heavy atom. The molecular weight excluding hydrogens is 440 g/mol. The van der Waals surface area contributed by atoms with E-state index in [2.05, 4.69) is 32.5 Å². The quantitative estimate of drug-likeness (QED) is 0.322. The van der Waals surface area contributed by atoms with Crippen LogP contribution in [0.25, 0.3) is 10.9 Å². The number of ether oxygens (including phenoxy) is 2. The molecule has 5 rings (SSSR count). The summed E-state index contributed by atoms with van der Waals surface area (Å²) >= 11 is 0. The van der Waals surface area contributed by atoms with Crippen LogP contribution in [-0.4, -0.2) is 43.4 Å². The maximum Gasteiger partial charge on any atom is 0.271 e. The molecule has 0 bridgehead atoms. The first-order valence-electron chi connectivity index (χ1n) is 11.6.